The van der Waals surface area contributed by atoms with Crippen LogP contribution >= 0.6 is 0 Å². The predicted octanol–water partition coefficient (Wildman–Crippen LogP) is 3.64. The maximum absolute atomic E-state index is 13.2. The third kappa shape index (κ3) is 4.04. The van der Waals surface area contributed by atoms with Crippen LogP contribution in [0.3, 0.4) is 0 Å². The Kier molecular flexibility index (Phi) is 5.00. The lowest BCUT2D eigenvalue weighted by Crippen LogP contribution is -2.16. The molecule has 0 fully saturated rings. The lowest BCUT2D eigenvalue weighted by molar-refractivity contribution is -0.0281. The summed E-state index contributed by atoms with van der Waals surface area (Å²) >= 11 is 0. The van der Waals surface area contributed by atoms with Gasteiger partial charge >= 0.3 is 5.92 Å². The SMILES string of the molecule is COCCCc1cc(C)cc(C(F)(F)CF)c1. The highest BCUT2D eigenvalue weighted by Gasteiger charge is 2.31. The van der Waals surface area contributed by atoms with Gasteiger partial charge in [0.2, 0.25) is 0 Å². The zero-order valence-electron chi connectivity index (χ0n) is 10.1. The lowest BCUT2D eigenvalue weighted by Gasteiger charge is -2.15. The normalized spacial score (nSPS) is 11.8. The number of aryl methyl sites for hydroxylation is 2. The van der Waals surface area contributed by atoms with E-state index in [1.54, 1.807) is 14.0 Å². The molecule has 0 radical (unpaired) electrons. The second-order valence-electron chi connectivity index (χ2n) is 4.14. The van der Waals surface area contributed by atoms with Crippen molar-refractivity contribution in [2.75, 3.05) is 20.4 Å². The molecule has 0 saturated carbocycles. The van der Waals surface area contributed by atoms with E-state index in [-0.39, 0.29) is 5.56 Å². The Bertz CT molecular complexity index is 364. The fraction of sp³-hybridized carbons (Fsp3) is 0.538. The summed E-state index contributed by atoms with van der Waals surface area (Å²) in [6, 6.07) is 4.55. The Balaban J connectivity index is 2.86. The fourth-order valence-electron chi connectivity index (χ4n) is 1.72. The molecule has 0 saturated heterocycles. The number of alkyl halides is 3. The van der Waals surface area contributed by atoms with Crippen LogP contribution in [0.2, 0.25) is 0 Å². The third-order valence-electron chi connectivity index (χ3n) is 2.54. The number of rotatable bonds is 6. The molecule has 1 aromatic rings. The van der Waals surface area contributed by atoms with Crippen molar-refractivity contribution in [1.29, 1.82) is 0 Å². The van der Waals surface area contributed by atoms with E-state index in [0.29, 0.717) is 13.0 Å². The summed E-state index contributed by atoms with van der Waals surface area (Å²) in [6.45, 7) is 0.661. The average Bonchev–Trinajstić information content (AvgIpc) is 2.29. The summed E-state index contributed by atoms with van der Waals surface area (Å²) in [4.78, 5) is 0. The van der Waals surface area contributed by atoms with Crippen LogP contribution in [0.1, 0.15) is 23.1 Å². The second-order valence-corrected chi connectivity index (χ2v) is 4.14. The van der Waals surface area contributed by atoms with Crippen molar-refractivity contribution in [2.24, 2.45) is 0 Å². The van der Waals surface area contributed by atoms with Gasteiger partial charge in [-0.1, -0.05) is 11.6 Å². The van der Waals surface area contributed by atoms with E-state index in [1.807, 2.05) is 6.07 Å². The van der Waals surface area contributed by atoms with Gasteiger partial charge in [0.1, 0.15) is 0 Å². The molecule has 4 heteroatoms. The molecule has 0 amide bonds. The van der Waals surface area contributed by atoms with Crippen LogP contribution in [-0.4, -0.2) is 20.4 Å². The molecule has 1 nitrogen and oxygen atoms in total. The predicted molar refractivity (Wildman–Crippen MR) is 61.2 cm³/mol. The Labute approximate surface area is 99.6 Å². The smallest absolute Gasteiger partial charge is 0.301 e. The average molecular weight is 246 g/mol. The molecule has 0 heterocycles. The Morgan fingerprint density at radius 1 is 1.24 bits per heavy atom. The minimum Gasteiger partial charge on any atom is -0.385 e. The quantitative estimate of drug-likeness (QED) is 0.696. The largest absolute Gasteiger partial charge is 0.385 e. The zero-order chi connectivity index (χ0) is 12.9. The molecule has 1 rings (SSSR count). The summed E-state index contributed by atoms with van der Waals surface area (Å²) in [5.41, 5.74) is 1.28. The highest BCUT2D eigenvalue weighted by Crippen LogP contribution is 2.30. The van der Waals surface area contributed by atoms with Crippen LogP contribution in [-0.2, 0) is 17.1 Å². The maximum atomic E-state index is 13.2. The topological polar surface area (TPSA) is 9.23 Å². The van der Waals surface area contributed by atoms with Crippen LogP contribution in [0, 0.1) is 6.92 Å². The molecule has 0 aliphatic heterocycles. The van der Waals surface area contributed by atoms with Crippen LogP contribution in [0.25, 0.3) is 0 Å². The van der Waals surface area contributed by atoms with Crippen molar-refractivity contribution < 1.29 is 17.9 Å². The van der Waals surface area contributed by atoms with Gasteiger partial charge in [-0.25, -0.2) is 4.39 Å². The highest BCUT2D eigenvalue weighted by atomic mass is 19.3. The van der Waals surface area contributed by atoms with Crippen molar-refractivity contribution in [3.05, 3.63) is 34.9 Å². The molecule has 0 spiro atoms. The van der Waals surface area contributed by atoms with E-state index in [0.717, 1.165) is 17.5 Å². The van der Waals surface area contributed by atoms with E-state index in [9.17, 15) is 13.2 Å². The van der Waals surface area contributed by atoms with Crippen molar-refractivity contribution in [2.45, 2.75) is 25.7 Å². The fourth-order valence-corrected chi connectivity index (χ4v) is 1.72. The summed E-state index contributed by atoms with van der Waals surface area (Å²) in [6.07, 6.45) is 1.42. The molecule has 0 unspecified atom stereocenters. The molecule has 0 aliphatic carbocycles. The summed E-state index contributed by atoms with van der Waals surface area (Å²) in [5.74, 6) is -3.39. The number of methoxy groups -OCH3 is 1. The Morgan fingerprint density at radius 2 is 1.94 bits per heavy atom. The van der Waals surface area contributed by atoms with Crippen molar-refractivity contribution in [3.8, 4) is 0 Å². The van der Waals surface area contributed by atoms with E-state index < -0.39 is 12.6 Å². The summed E-state index contributed by atoms with van der Waals surface area (Å²) in [5, 5.41) is 0. The minimum absolute atomic E-state index is 0.243. The highest BCUT2D eigenvalue weighted by molar-refractivity contribution is 5.32. The Morgan fingerprint density at radius 3 is 2.53 bits per heavy atom. The molecule has 96 valence electrons. The number of hydrogen-bond donors (Lipinski definition) is 0. The maximum Gasteiger partial charge on any atom is 0.301 e. The molecule has 17 heavy (non-hydrogen) atoms. The lowest BCUT2D eigenvalue weighted by atomic mass is 10.00. The van der Waals surface area contributed by atoms with Crippen molar-refractivity contribution >= 4 is 0 Å². The van der Waals surface area contributed by atoms with Crippen LogP contribution < -0.4 is 0 Å². The molecule has 0 N–H and O–H groups in total. The van der Waals surface area contributed by atoms with E-state index in [1.165, 1.54) is 12.1 Å². The van der Waals surface area contributed by atoms with E-state index in [2.05, 4.69) is 0 Å². The molecule has 0 aliphatic rings. The number of benzene rings is 1. The van der Waals surface area contributed by atoms with Gasteiger partial charge < -0.3 is 4.74 Å². The van der Waals surface area contributed by atoms with Gasteiger partial charge in [0.05, 0.1) is 0 Å². The first kappa shape index (κ1) is 14.0. The molecular formula is C13H17F3O. The Hall–Kier alpha value is -1.03. The minimum atomic E-state index is -3.39. The van der Waals surface area contributed by atoms with Gasteiger partial charge in [-0.3, -0.25) is 0 Å². The standard InChI is InChI=1S/C13H17F3O/c1-10-6-11(4-3-5-17-2)8-12(7-10)13(15,16)9-14/h6-8H,3-5,9H2,1-2H3. The van der Waals surface area contributed by atoms with Crippen molar-refractivity contribution in [1.82, 2.24) is 0 Å². The van der Waals surface area contributed by atoms with Crippen molar-refractivity contribution in [3.63, 3.8) is 0 Å². The first-order valence-electron chi connectivity index (χ1n) is 5.53. The van der Waals surface area contributed by atoms with E-state index >= 15 is 0 Å². The van der Waals surface area contributed by atoms with Crippen LogP contribution in [0.5, 0.6) is 0 Å². The van der Waals surface area contributed by atoms with Crippen LogP contribution in [0.4, 0.5) is 13.2 Å². The molecular weight excluding hydrogens is 229 g/mol. The zero-order valence-corrected chi connectivity index (χ0v) is 10.1. The first-order valence-corrected chi connectivity index (χ1v) is 5.53. The van der Waals surface area contributed by atoms with Gasteiger partial charge in [0.15, 0.2) is 6.67 Å². The van der Waals surface area contributed by atoms with Gasteiger partial charge in [-0.2, -0.15) is 8.78 Å². The number of hydrogen-bond acceptors (Lipinski definition) is 1. The van der Waals surface area contributed by atoms with Gasteiger partial charge in [-0.05, 0) is 37.5 Å². The van der Waals surface area contributed by atoms with Crippen LogP contribution in [0.15, 0.2) is 18.2 Å². The van der Waals surface area contributed by atoms with Gasteiger partial charge in [0, 0.05) is 19.3 Å². The van der Waals surface area contributed by atoms with Gasteiger partial charge in [0.25, 0.3) is 0 Å². The summed E-state index contributed by atoms with van der Waals surface area (Å²) in [7, 11) is 1.60. The molecule has 0 atom stereocenters. The first-order chi connectivity index (χ1) is 7.99. The molecule has 0 bridgehead atoms. The molecule has 1 aromatic carbocycles. The van der Waals surface area contributed by atoms with E-state index in [4.69, 9.17) is 4.74 Å². The van der Waals surface area contributed by atoms with Gasteiger partial charge in [-0.15, -0.1) is 0 Å². The molecule has 0 aromatic heterocycles. The number of ether oxygens (including phenoxy) is 1. The monoisotopic (exact) mass is 246 g/mol. The second kappa shape index (κ2) is 6.05. The number of halogens is 3. The third-order valence-corrected chi connectivity index (χ3v) is 2.54. The summed E-state index contributed by atoms with van der Waals surface area (Å²) < 4.78 is 43.6.